The Morgan fingerprint density at radius 1 is 0.810 bits per heavy atom. The highest BCUT2D eigenvalue weighted by Gasteiger charge is 2.15. The molecule has 0 N–H and O–H groups in total. The van der Waals surface area contributed by atoms with E-state index >= 15 is 0 Å². The van der Waals surface area contributed by atoms with Crippen LogP contribution in [0.3, 0.4) is 0 Å². The highest BCUT2D eigenvalue weighted by Crippen LogP contribution is 2.25. The summed E-state index contributed by atoms with van der Waals surface area (Å²) in [6.45, 7) is 3.78. The number of rotatable bonds is 2. The van der Waals surface area contributed by atoms with Crippen LogP contribution in [0, 0.1) is 19.7 Å². The fourth-order valence-corrected chi connectivity index (χ4v) is 2.67. The van der Waals surface area contributed by atoms with Crippen molar-refractivity contribution < 1.29 is 9.18 Å². The van der Waals surface area contributed by atoms with Gasteiger partial charge in [-0.3, -0.25) is 4.79 Å². The van der Waals surface area contributed by atoms with E-state index in [0.717, 1.165) is 16.3 Å². The fraction of sp³-hybridized carbons (Fsp3) is 0.105. The zero-order chi connectivity index (χ0) is 15.0. The van der Waals surface area contributed by atoms with Crippen LogP contribution in [0.1, 0.15) is 27.0 Å². The van der Waals surface area contributed by atoms with Crippen molar-refractivity contribution >= 4 is 16.6 Å². The molecule has 104 valence electrons. The van der Waals surface area contributed by atoms with Gasteiger partial charge in [-0.05, 0) is 53.9 Å². The SMILES string of the molecule is Cc1cc(F)ccc1C(=O)c1ccc(C)c2ccccc12. The van der Waals surface area contributed by atoms with Gasteiger partial charge in [0.2, 0.25) is 0 Å². The molecule has 0 unspecified atom stereocenters. The summed E-state index contributed by atoms with van der Waals surface area (Å²) in [6, 6.07) is 15.9. The lowest BCUT2D eigenvalue weighted by atomic mass is 9.93. The second-order valence-electron chi connectivity index (χ2n) is 5.26. The predicted octanol–water partition coefficient (Wildman–Crippen LogP) is 4.83. The first kappa shape index (κ1) is 13.5. The van der Waals surface area contributed by atoms with Gasteiger partial charge >= 0.3 is 0 Å². The highest BCUT2D eigenvalue weighted by atomic mass is 19.1. The van der Waals surface area contributed by atoms with Gasteiger partial charge in [0.05, 0.1) is 0 Å². The summed E-state index contributed by atoms with van der Waals surface area (Å²) >= 11 is 0. The molecule has 0 aliphatic heterocycles. The van der Waals surface area contributed by atoms with E-state index in [1.54, 1.807) is 13.0 Å². The summed E-state index contributed by atoms with van der Waals surface area (Å²) in [5.41, 5.74) is 3.00. The van der Waals surface area contributed by atoms with Crippen LogP contribution in [-0.4, -0.2) is 5.78 Å². The molecule has 2 heteroatoms. The summed E-state index contributed by atoms with van der Waals surface area (Å²) in [5.74, 6) is -0.387. The van der Waals surface area contributed by atoms with Gasteiger partial charge in [-0.15, -0.1) is 0 Å². The van der Waals surface area contributed by atoms with E-state index in [4.69, 9.17) is 0 Å². The summed E-state index contributed by atoms with van der Waals surface area (Å²) in [6.07, 6.45) is 0. The zero-order valence-corrected chi connectivity index (χ0v) is 12.0. The maximum atomic E-state index is 13.2. The summed E-state index contributed by atoms with van der Waals surface area (Å²) in [7, 11) is 0. The van der Waals surface area contributed by atoms with E-state index in [2.05, 4.69) is 0 Å². The first-order chi connectivity index (χ1) is 10.1. The Labute approximate surface area is 123 Å². The van der Waals surface area contributed by atoms with Gasteiger partial charge in [-0.1, -0.05) is 36.4 Å². The Kier molecular flexibility index (Phi) is 3.30. The molecule has 0 saturated heterocycles. The number of hydrogen-bond acceptors (Lipinski definition) is 1. The topological polar surface area (TPSA) is 17.1 Å². The predicted molar refractivity (Wildman–Crippen MR) is 83.3 cm³/mol. The van der Waals surface area contributed by atoms with Crippen LogP contribution in [-0.2, 0) is 0 Å². The van der Waals surface area contributed by atoms with Gasteiger partial charge in [0.25, 0.3) is 0 Å². The standard InChI is InChI=1S/C19H15FO/c1-12-7-9-18(17-6-4-3-5-15(12)17)19(21)16-10-8-14(20)11-13(16)2/h3-11H,1-2H3. The smallest absolute Gasteiger partial charge is 0.193 e. The van der Waals surface area contributed by atoms with Crippen molar-refractivity contribution in [1.82, 2.24) is 0 Å². The first-order valence-electron chi connectivity index (χ1n) is 6.87. The molecule has 1 nitrogen and oxygen atoms in total. The zero-order valence-electron chi connectivity index (χ0n) is 12.0. The van der Waals surface area contributed by atoms with E-state index in [0.29, 0.717) is 16.7 Å². The Morgan fingerprint density at radius 2 is 1.48 bits per heavy atom. The van der Waals surface area contributed by atoms with Crippen molar-refractivity contribution in [2.75, 3.05) is 0 Å². The molecule has 0 heterocycles. The van der Waals surface area contributed by atoms with Gasteiger partial charge in [0.1, 0.15) is 5.82 Å². The van der Waals surface area contributed by atoms with E-state index < -0.39 is 0 Å². The first-order valence-corrected chi connectivity index (χ1v) is 6.87. The third kappa shape index (κ3) is 2.33. The molecule has 0 aliphatic rings. The Hall–Kier alpha value is -2.48. The molecule has 0 radical (unpaired) electrons. The molecule has 0 atom stereocenters. The lowest BCUT2D eigenvalue weighted by molar-refractivity contribution is 0.103. The largest absolute Gasteiger partial charge is 0.289 e. The van der Waals surface area contributed by atoms with Crippen molar-refractivity contribution in [3.05, 3.63) is 82.7 Å². The molecule has 0 bridgehead atoms. The molecule has 0 spiro atoms. The van der Waals surface area contributed by atoms with Crippen molar-refractivity contribution in [2.24, 2.45) is 0 Å². The third-order valence-electron chi connectivity index (χ3n) is 3.82. The number of benzene rings is 3. The van der Waals surface area contributed by atoms with Gasteiger partial charge in [-0.2, -0.15) is 0 Å². The van der Waals surface area contributed by atoms with Crippen LogP contribution in [0.15, 0.2) is 54.6 Å². The monoisotopic (exact) mass is 278 g/mol. The number of carbonyl (C=O) groups excluding carboxylic acids is 1. The fourth-order valence-electron chi connectivity index (χ4n) is 2.67. The number of fused-ring (bicyclic) bond motifs is 1. The number of carbonyl (C=O) groups is 1. The van der Waals surface area contributed by atoms with Gasteiger partial charge in [0.15, 0.2) is 5.78 Å². The molecule has 0 amide bonds. The molecule has 0 aliphatic carbocycles. The van der Waals surface area contributed by atoms with E-state index in [1.807, 2.05) is 43.3 Å². The van der Waals surface area contributed by atoms with Crippen LogP contribution in [0.25, 0.3) is 10.8 Å². The molecule has 3 aromatic carbocycles. The van der Waals surface area contributed by atoms with Crippen LogP contribution >= 0.6 is 0 Å². The van der Waals surface area contributed by atoms with Crippen LogP contribution in [0.2, 0.25) is 0 Å². The number of hydrogen-bond donors (Lipinski definition) is 0. The van der Waals surface area contributed by atoms with Crippen molar-refractivity contribution in [2.45, 2.75) is 13.8 Å². The van der Waals surface area contributed by atoms with E-state index in [-0.39, 0.29) is 11.6 Å². The summed E-state index contributed by atoms with van der Waals surface area (Å²) in [4.78, 5) is 12.8. The molecule has 21 heavy (non-hydrogen) atoms. The lowest BCUT2D eigenvalue weighted by Gasteiger charge is -2.10. The average Bonchev–Trinajstić information content (AvgIpc) is 2.47. The van der Waals surface area contributed by atoms with Crippen molar-refractivity contribution in [3.8, 4) is 0 Å². The third-order valence-corrected chi connectivity index (χ3v) is 3.82. The molecule has 0 saturated carbocycles. The number of aryl methyl sites for hydroxylation is 2. The number of halogens is 1. The molecule has 0 fully saturated rings. The maximum absolute atomic E-state index is 13.2. The highest BCUT2D eigenvalue weighted by molar-refractivity contribution is 6.17. The molecule has 0 aromatic heterocycles. The van der Waals surface area contributed by atoms with Crippen LogP contribution in [0.4, 0.5) is 4.39 Å². The Morgan fingerprint density at radius 3 is 2.19 bits per heavy atom. The minimum Gasteiger partial charge on any atom is -0.289 e. The Bertz CT molecular complexity index is 849. The summed E-state index contributed by atoms with van der Waals surface area (Å²) < 4.78 is 13.2. The second-order valence-corrected chi connectivity index (χ2v) is 5.26. The van der Waals surface area contributed by atoms with E-state index in [1.165, 1.54) is 12.1 Å². The van der Waals surface area contributed by atoms with Crippen molar-refractivity contribution in [3.63, 3.8) is 0 Å². The van der Waals surface area contributed by atoms with Crippen molar-refractivity contribution in [1.29, 1.82) is 0 Å². The molecular formula is C19H15FO. The average molecular weight is 278 g/mol. The lowest BCUT2D eigenvalue weighted by Crippen LogP contribution is -2.05. The van der Waals surface area contributed by atoms with Crippen LogP contribution < -0.4 is 0 Å². The summed E-state index contributed by atoms with van der Waals surface area (Å²) in [5, 5.41) is 2.01. The minimum atomic E-state index is -0.321. The second kappa shape index (κ2) is 5.13. The number of ketones is 1. The van der Waals surface area contributed by atoms with E-state index in [9.17, 15) is 9.18 Å². The van der Waals surface area contributed by atoms with Gasteiger partial charge in [-0.25, -0.2) is 4.39 Å². The molecular weight excluding hydrogens is 263 g/mol. The Balaban J connectivity index is 2.21. The quantitative estimate of drug-likeness (QED) is 0.614. The minimum absolute atomic E-state index is 0.0660. The van der Waals surface area contributed by atoms with Gasteiger partial charge < -0.3 is 0 Å². The maximum Gasteiger partial charge on any atom is 0.193 e. The molecule has 3 rings (SSSR count). The normalized spacial score (nSPS) is 10.8. The molecule has 3 aromatic rings. The van der Waals surface area contributed by atoms with Crippen LogP contribution in [0.5, 0.6) is 0 Å². The van der Waals surface area contributed by atoms with Gasteiger partial charge in [0, 0.05) is 11.1 Å².